The van der Waals surface area contributed by atoms with E-state index in [-0.39, 0.29) is 61.3 Å². The molecule has 1 heterocycles. The van der Waals surface area contributed by atoms with Crippen LogP contribution in [0, 0.1) is 0 Å². The first-order chi connectivity index (χ1) is 24.4. The standard InChI is InChI=1S/C34H39Cl2N3O12S/c1-21(30(41)22-8-5-9-23(35)16-22)39(34(2,3)4)33(44)51-20-50-32(43)28(40)11-15-47-12-7-14-49-31(42)25-17-29(52(37,45)46)26(36)18-27(25)38-19-24-10-6-13-48-24/h5-6,8-10,13,16-18,21,38H,7,11-12,14-15,19-20H2,1-4H3,(H2,37,45,46). The van der Waals surface area contributed by atoms with Crippen molar-refractivity contribution in [2.24, 2.45) is 5.14 Å². The third-order valence-electron chi connectivity index (χ3n) is 7.17. The molecule has 0 aliphatic carbocycles. The van der Waals surface area contributed by atoms with E-state index >= 15 is 0 Å². The Morgan fingerprint density at radius 1 is 0.962 bits per heavy atom. The van der Waals surface area contributed by atoms with Gasteiger partial charge in [-0.3, -0.25) is 14.5 Å². The zero-order chi connectivity index (χ0) is 38.6. The predicted molar refractivity (Wildman–Crippen MR) is 188 cm³/mol. The Balaban J connectivity index is 1.41. The fourth-order valence-corrected chi connectivity index (χ4v) is 6.04. The lowest BCUT2D eigenvalue weighted by Gasteiger charge is -2.38. The quantitative estimate of drug-likeness (QED) is 0.0546. The van der Waals surface area contributed by atoms with Gasteiger partial charge in [-0.25, -0.2) is 27.9 Å². The molecule has 52 heavy (non-hydrogen) atoms. The van der Waals surface area contributed by atoms with Gasteiger partial charge in [-0.2, -0.15) is 0 Å². The minimum Gasteiger partial charge on any atom is -0.467 e. The molecule has 0 radical (unpaired) electrons. The van der Waals surface area contributed by atoms with Crippen LogP contribution in [0.2, 0.25) is 10.0 Å². The SMILES string of the molecule is CC(C(=O)c1cccc(Cl)c1)N(C(=O)OCOC(=O)C(=O)CCOCCCOC(=O)c1cc(S(N)(=O)=O)c(Cl)cc1NCc1ccco1)C(C)(C)C. The second kappa shape index (κ2) is 18.8. The highest BCUT2D eigenvalue weighted by molar-refractivity contribution is 7.89. The molecule has 1 aromatic heterocycles. The van der Waals surface area contributed by atoms with E-state index in [2.05, 4.69) is 5.32 Å². The summed E-state index contributed by atoms with van der Waals surface area (Å²) in [4.78, 5) is 63.9. The van der Waals surface area contributed by atoms with Gasteiger partial charge in [0.2, 0.25) is 22.6 Å². The monoisotopic (exact) mass is 783 g/mol. The zero-order valence-electron chi connectivity index (χ0n) is 28.8. The second-order valence-electron chi connectivity index (χ2n) is 12.1. The van der Waals surface area contributed by atoms with Crippen LogP contribution in [-0.4, -0.2) is 81.1 Å². The molecule has 2 aromatic carbocycles. The number of benzene rings is 2. The average Bonchev–Trinajstić information content (AvgIpc) is 3.59. The van der Waals surface area contributed by atoms with Gasteiger partial charge in [0.25, 0.3) is 0 Å². The maximum Gasteiger partial charge on any atom is 0.413 e. The van der Waals surface area contributed by atoms with E-state index in [9.17, 15) is 32.4 Å². The normalized spacial score (nSPS) is 12.1. The van der Waals surface area contributed by atoms with Gasteiger partial charge in [0.1, 0.15) is 10.7 Å². The molecule has 1 amide bonds. The summed E-state index contributed by atoms with van der Waals surface area (Å²) in [5.74, 6) is -2.91. The van der Waals surface area contributed by atoms with Crippen LogP contribution in [-0.2, 0) is 45.1 Å². The Morgan fingerprint density at radius 2 is 1.69 bits per heavy atom. The molecule has 3 aromatic rings. The molecule has 0 aliphatic heterocycles. The summed E-state index contributed by atoms with van der Waals surface area (Å²) < 4.78 is 49.6. The number of carbonyl (C=O) groups excluding carboxylic acids is 5. The number of carbonyl (C=O) groups is 5. The predicted octanol–water partition coefficient (Wildman–Crippen LogP) is 5.38. The van der Waals surface area contributed by atoms with Gasteiger partial charge < -0.3 is 28.7 Å². The molecule has 0 fully saturated rings. The van der Waals surface area contributed by atoms with Crippen LogP contribution in [0.3, 0.4) is 0 Å². The summed E-state index contributed by atoms with van der Waals surface area (Å²) in [6, 6.07) is 10.9. The van der Waals surface area contributed by atoms with Crippen molar-refractivity contribution in [3.63, 3.8) is 0 Å². The topological polar surface area (TPSA) is 211 Å². The lowest BCUT2D eigenvalue weighted by Crippen LogP contribution is -2.53. The summed E-state index contributed by atoms with van der Waals surface area (Å²) >= 11 is 12.1. The van der Waals surface area contributed by atoms with Crippen molar-refractivity contribution in [3.05, 3.63) is 81.7 Å². The van der Waals surface area contributed by atoms with E-state index in [1.165, 1.54) is 30.2 Å². The number of nitrogens with one attached hydrogen (secondary N) is 1. The number of Topliss-reactive ketones (excluding diaryl/α,β-unsaturated/α-hetero) is 2. The van der Waals surface area contributed by atoms with E-state index in [1.54, 1.807) is 51.1 Å². The smallest absolute Gasteiger partial charge is 0.413 e. The first kappa shape index (κ1) is 41.9. The van der Waals surface area contributed by atoms with E-state index in [4.69, 9.17) is 51.7 Å². The number of primary sulfonamides is 1. The van der Waals surface area contributed by atoms with Crippen molar-refractivity contribution in [3.8, 4) is 0 Å². The van der Waals surface area contributed by atoms with Crippen LogP contribution < -0.4 is 10.5 Å². The lowest BCUT2D eigenvalue weighted by atomic mass is 9.98. The molecule has 0 saturated heterocycles. The van der Waals surface area contributed by atoms with Crippen molar-refractivity contribution in [2.75, 3.05) is 31.9 Å². The van der Waals surface area contributed by atoms with Crippen LogP contribution >= 0.6 is 23.2 Å². The minimum atomic E-state index is -4.25. The molecule has 0 aliphatic rings. The van der Waals surface area contributed by atoms with Gasteiger partial charge in [-0.15, -0.1) is 0 Å². The van der Waals surface area contributed by atoms with E-state index < -0.39 is 57.1 Å². The number of ether oxygens (including phenoxy) is 4. The number of anilines is 1. The molecule has 3 N–H and O–H groups in total. The number of nitrogens with zero attached hydrogens (tertiary/aromatic N) is 1. The van der Waals surface area contributed by atoms with Crippen LogP contribution in [0.1, 0.15) is 67.0 Å². The number of sulfonamides is 1. The molecule has 3 rings (SSSR count). The fraction of sp³-hybridized carbons (Fsp3) is 0.382. The summed E-state index contributed by atoms with van der Waals surface area (Å²) in [6.45, 7) is 5.63. The average molecular weight is 785 g/mol. The van der Waals surface area contributed by atoms with E-state index in [0.717, 1.165) is 6.07 Å². The fourth-order valence-electron chi connectivity index (χ4n) is 4.75. The maximum atomic E-state index is 13.0. The number of furan rings is 1. The number of amides is 1. The van der Waals surface area contributed by atoms with Crippen LogP contribution in [0.15, 0.2) is 64.1 Å². The molecule has 18 heteroatoms. The molecule has 15 nitrogen and oxygen atoms in total. The van der Waals surface area contributed by atoms with Crippen molar-refractivity contribution >= 4 is 68.5 Å². The van der Waals surface area contributed by atoms with Gasteiger partial charge in [0.15, 0.2) is 5.78 Å². The number of rotatable bonds is 18. The molecule has 1 unspecified atom stereocenters. The van der Waals surface area contributed by atoms with E-state index in [0.29, 0.717) is 16.3 Å². The van der Waals surface area contributed by atoms with Crippen molar-refractivity contribution < 1.29 is 55.8 Å². The van der Waals surface area contributed by atoms with Gasteiger partial charge >= 0.3 is 18.0 Å². The third kappa shape index (κ3) is 12.3. The van der Waals surface area contributed by atoms with E-state index in [1.807, 2.05) is 0 Å². The Hall–Kier alpha value is -4.48. The number of halogens is 2. The largest absolute Gasteiger partial charge is 0.467 e. The van der Waals surface area contributed by atoms with Crippen molar-refractivity contribution in [1.29, 1.82) is 0 Å². The van der Waals surface area contributed by atoms with Crippen molar-refractivity contribution in [1.82, 2.24) is 4.90 Å². The molecule has 282 valence electrons. The molecular weight excluding hydrogens is 745 g/mol. The minimum absolute atomic E-state index is 0.0363. The summed E-state index contributed by atoms with van der Waals surface area (Å²) in [7, 11) is -4.25. The number of nitrogens with two attached hydrogens (primary N) is 1. The number of ketones is 2. The number of hydrogen-bond acceptors (Lipinski definition) is 13. The van der Waals surface area contributed by atoms with Gasteiger partial charge in [0, 0.05) is 35.6 Å². The van der Waals surface area contributed by atoms with Gasteiger partial charge in [0.05, 0.1) is 48.3 Å². The third-order valence-corrected chi connectivity index (χ3v) is 8.78. The Labute approximate surface area is 310 Å². The summed E-state index contributed by atoms with van der Waals surface area (Å²) in [6.07, 6.45) is 0.360. The summed E-state index contributed by atoms with van der Waals surface area (Å²) in [5, 5.41) is 8.34. The lowest BCUT2D eigenvalue weighted by molar-refractivity contribution is -0.161. The Bertz CT molecular complexity index is 1860. The number of hydrogen-bond donors (Lipinski definition) is 2. The first-order valence-corrected chi connectivity index (χ1v) is 18.0. The Morgan fingerprint density at radius 3 is 2.33 bits per heavy atom. The molecular formula is C34H39Cl2N3O12S. The molecule has 0 bridgehead atoms. The van der Waals surface area contributed by atoms with Crippen LogP contribution in [0.5, 0.6) is 0 Å². The highest BCUT2D eigenvalue weighted by Crippen LogP contribution is 2.29. The number of esters is 2. The first-order valence-electron chi connectivity index (χ1n) is 15.7. The maximum absolute atomic E-state index is 13.0. The Kier molecular flexibility index (Phi) is 15.2. The molecule has 0 saturated carbocycles. The highest BCUT2D eigenvalue weighted by atomic mass is 35.5. The van der Waals surface area contributed by atoms with Crippen LogP contribution in [0.25, 0.3) is 0 Å². The van der Waals surface area contributed by atoms with Crippen LogP contribution in [0.4, 0.5) is 10.5 Å². The van der Waals surface area contributed by atoms with Gasteiger partial charge in [-0.1, -0.05) is 35.3 Å². The molecule has 0 spiro atoms. The summed E-state index contributed by atoms with van der Waals surface area (Å²) in [5.41, 5.74) is -0.526. The van der Waals surface area contributed by atoms with Gasteiger partial charge in [-0.05, 0) is 64.1 Å². The van der Waals surface area contributed by atoms with Crippen molar-refractivity contribution in [2.45, 2.75) is 63.6 Å². The zero-order valence-corrected chi connectivity index (χ0v) is 31.1. The molecule has 1 atom stereocenters. The highest BCUT2D eigenvalue weighted by Gasteiger charge is 2.36. The second-order valence-corrected chi connectivity index (χ2v) is 14.5.